The Hall–Kier alpha value is -0.780. The molecular formula is C26H46. The van der Waals surface area contributed by atoms with E-state index in [9.17, 15) is 0 Å². The molecule has 0 radical (unpaired) electrons. The molecule has 1 aromatic carbocycles. The Morgan fingerprint density at radius 3 is 2.08 bits per heavy atom. The molecule has 0 spiro atoms. The Labute approximate surface area is 165 Å². The Bertz CT molecular complexity index is 549. The van der Waals surface area contributed by atoms with E-state index in [1.165, 1.54) is 48.8 Å². The standard InChI is InChI=1S/C13H26.C13H20/c2*1-6-13(4,5)12-9-10(2)7-8-11(12)3/h10-12H,6-9H2,1-5H3;7-9H,6H2,1-5H3. The lowest BCUT2D eigenvalue weighted by atomic mass is 9.63. The fourth-order valence-corrected chi connectivity index (χ4v) is 4.54. The van der Waals surface area contributed by atoms with Gasteiger partial charge in [0, 0.05) is 0 Å². The summed E-state index contributed by atoms with van der Waals surface area (Å²) in [7, 11) is 0. The van der Waals surface area contributed by atoms with Gasteiger partial charge in [0.1, 0.15) is 0 Å². The summed E-state index contributed by atoms with van der Waals surface area (Å²) in [6.07, 6.45) is 6.89. The Kier molecular flexibility index (Phi) is 8.43. The molecule has 3 atom stereocenters. The highest BCUT2D eigenvalue weighted by Crippen LogP contribution is 2.45. The van der Waals surface area contributed by atoms with Gasteiger partial charge in [-0.1, -0.05) is 98.4 Å². The highest BCUT2D eigenvalue weighted by molar-refractivity contribution is 5.35. The van der Waals surface area contributed by atoms with Crippen LogP contribution >= 0.6 is 0 Å². The van der Waals surface area contributed by atoms with Gasteiger partial charge in [-0.3, -0.25) is 0 Å². The van der Waals surface area contributed by atoms with Crippen LogP contribution in [0.1, 0.15) is 104 Å². The van der Waals surface area contributed by atoms with Crippen molar-refractivity contribution in [3.8, 4) is 0 Å². The lowest BCUT2D eigenvalue weighted by molar-refractivity contribution is 0.0743. The van der Waals surface area contributed by atoms with Crippen LogP contribution in [0.2, 0.25) is 0 Å². The van der Waals surface area contributed by atoms with Crippen LogP contribution in [0.3, 0.4) is 0 Å². The van der Waals surface area contributed by atoms with Gasteiger partial charge in [0.25, 0.3) is 0 Å². The van der Waals surface area contributed by atoms with E-state index < -0.39 is 0 Å². The molecular weight excluding hydrogens is 312 g/mol. The Morgan fingerprint density at radius 2 is 1.54 bits per heavy atom. The predicted octanol–water partition coefficient (Wildman–Crippen LogP) is 8.49. The van der Waals surface area contributed by atoms with Crippen molar-refractivity contribution in [1.82, 2.24) is 0 Å². The van der Waals surface area contributed by atoms with Crippen molar-refractivity contribution in [3.63, 3.8) is 0 Å². The van der Waals surface area contributed by atoms with Gasteiger partial charge in [0.05, 0.1) is 0 Å². The van der Waals surface area contributed by atoms with Crippen molar-refractivity contribution in [2.75, 3.05) is 0 Å². The molecule has 1 aliphatic carbocycles. The van der Waals surface area contributed by atoms with E-state index in [0.717, 1.165) is 17.8 Å². The monoisotopic (exact) mass is 358 g/mol. The zero-order valence-corrected chi connectivity index (χ0v) is 19.5. The molecule has 1 aromatic rings. The van der Waals surface area contributed by atoms with Gasteiger partial charge < -0.3 is 0 Å². The highest BCUT2D eigenvalue weighted by Gasteiger charge is 2.35. The zero-order chi connectivity index (χ0) is 20.1. The summed E-state index contributed by atoms with van der Waals surface area (Å²) in [5.41, 5.74) is 5.15. The summed E-state index contributed by atoms with van der Waals surface area (Å²) < 4.78 is 0. The number of rotatable bonds is 4. The second-order valence-corrected chi connectivity index (χ2v) is 10.4. The second-order valence-electron chi connectivity index (χ2n) is 10.4. The van der Waals surface area contributed by atoms with E-state index in [-0.39, 0.29) is 0 Å². The molecule has 0 nitrogen and oxygen atoms in total. The highest BCUT2D eigenvalue weighted by atomic mass is 14.4. The van der Waals surface area contributed by atoms with Crippen molar-refractivity contribution in [3.05, 3.63) is 34.9 Å². The topological polar surface area (TPSA) is 0 Å². The van der Waals surface area contributed by atoms with Crippen LogP contribution in [0.25, 0.3) is 0 Å². The molecule has 0 aliphatic heterocycles. The third-order valence-electron chi connectivity index (χ3n) is 7.38. The minimum Gasteiger partial charge on any atom is -0.0649 e. The van der Waals surface area contributed by atoms with Gasteiger partial charge in [-0.15, -0.1) is 0 Å². The molecule has 0 bridgehead atoms. The van der Waals surface area contributed by atoms with Crippen molar-refractivity contribution in [2.24, 2.45) is 23.2 Å². The molecule has 0 saturated heterocycles. The van der Waals surface area contributed by atoms with Crippen molar-refractivity contribution in [1.29, 1.82) is 0 Å². The van der Waals surface area contributed by atoms with Crippen LogP contribution in [0, 0.1) is 37.0 Å². The first-order chi connectivity index (χ1) is 11.9. The van der Waals surface area contributed by atoms with Crippen LogP contribution < -0.4 is 0 Å². The summed E-state index contributed by atoms with van der Waals surface area (Å²) in [4.78, 5) is 0. The molecule has 1 aliphatic rings. The molecule has 1 fully saturated rings. The Morgan fingerprint density at radius 1 is 0.923 bits per heavy atom. The maximum Gasteiger partial charge on any atom is -0.0103 e. The van der Waals surface area contributed by atoms with Crippen LogP contribution in [0.5, 0.6) is 0 Å². The van der Waals surface area contributed by atoms with Gasteiger partial charge in [-0.05, 0) is 66.4 Å². The maximum atomic E-state index is 2.45. The summed E-state index contributed by atoms with van der Waals surface area (Å²) >= 11 is 0. The average molecular weight is 359 g/mol. The maximum absolute atomic E-state index is 2.45. The SMILES string of the molecule is CCC(C)(C)C1CC(C)CCC1C.CCC(C)(C)c1cc(C)ccc1C. The summed E-state index contributed by atoms with van der Waals surface area (Å²) in [6.45, 7) is 23.4. The van der Waals surface area contributed by atoms with Gasteiger partial charge in [0.15, 0.2) is 0 Å². The van der Waals surface area contributed by atoms with E-state index in [1.807, 2.05) is 0 Å². The molecule has 0 aromatic heterocycles. The first-order valence-electron chi connectivity index (χ1n) is 11.0. The smallest absolute Gasteiger partial charge is 0.0103 e. The molecule has 0 heteroatoms. The van der Waals surface area contributed by atoms with E-state index >= 15 is 0 Å². The van der Waals surface area contributed by atoms with Crippen LogP contribution in [-0.2, 0) is 5.41 Å². The molecule has 26 heavy (non-hydrogen) atoms. The van der Waals surface area contributed by atoms with Crippen molar-refractivity contribution >= 4 is 0 Å². The third-order valence-corrected chi connectivity index (χ3v) is 7.38. The van der Waals surface area contributed by atoms with Gasteiger partial charge >= 0.3 is 0 Å². The Balaban J connectivity index is 0.000000260. The normalized spacial score (nSPS) is 24.0. The van der Waals surface area contributed by atoms with Crippen LogP contribution in [-0.4, -0.2) is 0 Å². The molecule has 0 N–H and O–H groups in total. The summed E-state index contributed by atoms with van der Waals surface area (Å²) in [5, 5.41) is 0. The van der Waals surface area contributed by atoms with Crippen LogP contribution in [0.15, 0.2) is 18.2 Å². The first kappa shape index (κ1) is 23.3. The summed E-state index contributed by atoms with van der Waals surface area (Å²) in [6, 6.07) is 6.73. The van der Waals surface area contributed by atoms with Gasteiger partial charge in [-0.2, -0.15) is 0 Å². The lowest BCUT2D eigenvalue weighted by Crippen LogP contribution is -2.33. The van der Waals surface area contributed by atoms with Crippen molar-refractivity contribution in [2.45, 2.75) is 107 Å². The number of hydrogen-bond donors (Lipinski definition) is 0. The quantitative estimate of drug-likeness (QED) is 0.506. The lowest BCUT2D eigenvalue weighted by Gasteiger charge is -2.43. The average Bonchev–Trinajstić information content (AvgIpc) is 2.59. The molecule has 150 valence electrons. The molecule has 1 saturated carbocycles. The largest absolute Gasteiger partial charge is 0.0649 e. The van der Waals surface area contributed by atoms with Gasteiger partial charge in [-0.25, -0.2) is 0 Å². The predicted molar refractivity (Wildman–Crippen MR) is 119 cm³/mol. The van der Waals surface area contributed by atoms with E-state index in [4.69, 9.17) is 0 Å². The fraction of sp³-hybridized carbons (Fsp3) is 0.769. The van der Waals surface area contributed by atoms with E-state index in [1.54, 1.807) is 0 Å². The number of benzene rings is 1. The minimum atomic E-state index is 0.316. The van der Waals surface area contributed by atoms with E-state index in [0.29, 0.717) is 10.8 Å². The van der Waals surface area contributed by atoms with Crippen molar-refractivity contribution < 1.29 is 0 Å². The minimum absolute atomic E-state index is 0.316. The van der Waals surface area contributed by atoms with Crippen LogP contribution in [0.4, 0.5) is 0 Å². The van der Waals surface area contributed by atoms with E-state index in [2.05, 4.69) is 87.4 Å². The molecule has 3 unspecified atom stereocenters. The number of hydrogen-bond acceptors (Lipinski definition) is 0. The second kappa shape index (κ2) is 9.43. The molecule has 0 heterocycles. The molecule has 0 amide bonds. The molecule has 2 rings (SSSR count). The first-order valence-corrected chi connectivity index (χ1v) is 11.0. The summed E-state index contributed by atoms with van der Waals surface area (Å²) in [5.74, 6) is 2.87. The van der Waals surface area contributed by atoms with Gasteiger partial charge in [0.2, 0.25) is 0 Å². The zero-order valence-electron chi connectivity index (χ0n) is 19.5. The number of aryl methyl sites for hydroxylation is 2. The fourth-order valence-electron chi connectivity index (χ4n) is 4.54. The third kappa shape index (κ3) is 6.14.